The van der Waals surface area contributed by atoms with Crippen molar-refractivity contribution in [3.05, 3.63) is 24.0 Å². The number of pyridine rings is 1. The van der Waals surface area contributed by atoms with Gasteiger partial charge in [0, 0.05) is 11.9 Å². The van der Waals surface area contributed by atoms with Crippen LogP contribution in [0.5, 0.6) is 0 Å². The van der Waals surface area contributed by atoms with Gasteiger partial charge in [0.2, 0.25) is 0 Å². The lowest BCUT2D eigenvalue weighted by Crippen LogP contribution is -2.56. The molecule has 0 radical (unpaired) electrons. The first-order valence-electron chi connectivity index (χ1n) is 4.76. The molecule has 16 heavy (non-hydrogen) atoms. The van der Waals surface area contributed by atoms with Crippen LogP contribution in [0.2, 0.25) is 0 Å². The summed E-state index contributed by atoms with van der Waals surface area (Å²) in [6, 6.07) is 3.13. The summed E-state index contributed by atoms with van der Waals surface area (Å²) in [5, 5.41) is 8.58. The van der Waals surface area contributed by atoms with Gasteiger partial charge in [0.25, 0.3) is 5.92 Å². The number of halogens is 2. The van der Waals surface area contributed by atoms with Gasteiger partial charge in [0.1, 0.15) is 0 Å². The predicted molar refractivity (Wildman–Crippen MR) is 52.7 cm³/mol. The molecule has 4 nitrogen and oxygen atoms in total. The summed E-state index contributed by atoms with van der Waals surface area (Å²) in [5.41, 5.74) is 0.970. The van der Waals surface area contributed by atoms with Crippen LogP contribution in [-0.4, -0.2) is 35.1 Å². The molecule has 0 aliphatic carbocycles. The summed E-state index contributed by atoms with van der Waals surface area (Å²) < 4.78 is 25.3. The van der Waals surface area contributed by atoms with Crippen LogP contribution in [0.3, 0.4) is 0 Å². The minimum Gasteiger partial charge on any atom is -0.481 e. The molecule has 6 heteroatoms. The van der Waals surface area contributed by atoms with E-state index >= 15 is 0 Å². The van der Waals surface area contributed by atoms with E-state index in [0.717, 1.165) is 0 Å². The maximum absolute atomic E-state index is 12.6. The number of hydrogen-bond donors (Lipinski definition) is 1. The molecule has 0 unspecified atom stereocenters. The highest BCUT2D eigenvalue weighted by Crippen LogP contribution is 2.31. The van der Waals surface area contributed by atoms with Crippen molar-refractivity contribution < 1.29 is 18.7 Å². The highest BCUT2D eigenvalue weighted by Gasteiger charge is 2.43. The quantitative estimate of drug-likeness (QED) is 0.843. The number of nitrogens with zero attached hydrogens (tertiary/aromatic N) is 2. The van der Waals surface area contributed by atoms with Crippen molar-refractivity contribution in [2.24, 2.45) is 0 Å². The van der Waals surface area contributed by atoms with Crippen LogP contribution >= 0.6 is 0 Å². The molecule has 0 saturated carbocycles. The van der Waals surface area contributed by atoms with E-state index in [1.165, 1.54) is 17.2 Å². The third-order valence-corrected chi connectivity index (χ3v) is 2.34. The number of carboxylic acids is 1. The van der Waals surface area contributed by atoms with E-state index in [1.807, 2.05) is 0 Å². The van der Waals surface area contributed by atoms with E-state index < -0.39 is 11.9 Å². The van der Waals surface area contributed by atoms with Crippen molar-refractivity contribution >= 4 is 11.7 Å². The number of aromatic nitrogens is 1. The Bertz CT molecular complexity index is 415. The summed E-state index contributed by atoms with van der Waals surface area (Å²) >= 11 is 0. The molecule has 1 N–H and O–H groups in total. The molecule has 1 fully saturated rings. The van der Waals surface area contributed by atoms with Gasteiger partial charge in [0.05, 0.1) is 25.2 Å². The molecule has 0 amide bonds. The zero-order valence-corrected chi connectivity index (χ0v) is 8.36. The fourth-order valence-electron chi connectivity index (χ4n) is 1.61. The Morgan fingerprint density at radius 2 is 2.25 bits per heavy atom. The molecule has 0 bridgehead atoms. The van der Waals surface area contributed by atoms with Crippen molar-refractivity contribution in [1.82, 2.24) is 4.98 Å². The number of carbonyl (C=O) groups is 1. The van der Waals surface area contributed by atoms with Gasteiger partial charge in [-0.15, -0.1) is 0 Å². The third kappa shape index (κ3) is 2.26. The highest BCUT2D eigenvalue weighted by molar-refractivity contribution is 5.70. The number of carboxylic acid groups (broad SMARTS) is 1. The van der Waals surface area contributed by atoms with E-state index in [9.17, 15) is 13.6 Å². The summed E-state index contributed by atoms with van der Waals surface area (Å²) in [6.45, 7) is -0.632. The second kappa shape index (κ2) is 3.70. The van der Waals surface area contributed by atoms with Gasteiger partial charge < -0.3 is 10.0 Å². The third-order valence-electron chi connectivity index (χ3n) is 2.34. The fourth-order valence-corrected chi connectivity index (χ4v) is 1.61. The molecule has 0 aromatic carbocycles. The van der Waals surface area contributed by atoms with E-state index in [1.54, 1.807) is 6.07 Å². The number of anilines is 1. The van der Waals surface area contributed by atoms with Crippen molar-refractivity contribution in [1.29, 1.82) is 0 Å². The van der Waals surface area contributed by atoms with Crippen LogP contribution in [0.15, 0.2) is 18.3 Å². The summed E-state index contributed by atoms with van der Waals surface area (Å²) in [4.78, 5) is 15.8. The first kappa shape index (κ1) is 10.8. The second-order valence-corrected chi connectivity index (χ2v) is 3.79. The normalized spacial score (nSPS) is 18.0. The monoisotopic (exact) mass is 228 g/mol. The number of alkyl halides is 2. The molecule has 0 atom stereocenters. The Morgan fingerprint density at radius 1 is 1.56 bits per heavy atom. The van der Waals surface area contributed by atoms with Crippen LogP contribution < -0.4 is 4.90 Å². The lowest BCUT2D eigenvalue weighted by atomic mass is 10.1. The topological polar surface area (TPSA) is 53.4 Å². The average Bonchev–Trinajstić information content (AvgIpc) is 2.13. The minimum atomic E-state index is -2.63. The lowest BCUT2D eigenvalue weighted by Gasteiger charge is -2.40. The van der Waals surface area contributed by atoms with Gasteiger partial charge in [0.15, 0.2) is 0 Å². The van der Waals surface area contributed by atoms with Crippen molar-refractivity contribution in [3.63, 3.8) is 0 Å². The lowest BCUT2D eigenvalue weighted by molar-refractivity contribution is -0.136. The average molecular weight is 228 g/mol. The smallest absolute Gasteiger partial charge is 0.309 e. The maximum Gasteiger partial charge on any atom is 0.309 e. The molecular weight excluding hydrogens is 218 g/mol. The standard InChI is InChI=1S/C10H10F2N2O2/c11-10(12)5-14(6-10)8-1-2-13-7(3-8)4-9(15)16/h1-3H,4-6H2,(H,15,16). The first-order valence-corrected chi connectivity index (χ1v) is 4.76. The molecule has 1 aromatic rings. The zero-order chi connectivity index (χ0) is 11.8. The Labute approximate surface area is 90.5 Å². The van der Waals surface area contributed by atoms with E-state index in [4.69, 9.17) is 5.11 Å². The van der Waals surface area contributed by atoms with E-state index in [0.29, 0.717) is 11.4 Å². The summed E-state index contributed by atoms with van der Waals surface area (Å²) in [5.74, 6) is -3.62. The van der Waals surface area contributed by atoms with Crippen molar-refractivity contribution in [3.8, 4) is 0 Å². The zero-order valence-electron chi connectivity index (χ0n) is 8.36. The van der Waals surface area contributed by atoms with Gasteiger partial charge in [-0.1, -0.05) is 0 Å². The molecule has 0 spiro atoms. The van der Waals surface area contributed by atoms with E-state index in [-0.39, 0.29) is 19.5 Å². The van der Waals surface area contributed by atoms with Crippen LogP contribution in [0.4, 0.5) is 14.5 Å². The maximum atomic E-state index is 12.6. The van der Waals surface area contributed by atoms with Gasteiger partial charge in [-0.25, -0.2) is 8.78 Å². The highest BCUT2D eigenvalue weighted by atomic mass is 19.3. The second-order valence-electron chi connectivity index (χ2n) is 3.79. The molecular formula is C10H10F2N2O2. The number of hydrogen-bond acceptors (Lipinski definition) is 3. The van der Waals surface area contributed by atoms with Crippen LogP contribution in [0.1, 0.15) is 5.69 Å². The number of rotatable bonds is 3. The Kier molecular flexibility index (Phi) is 2.49. The molecule has 1 aromatic heterocycles. The molecule has 2 rings (SSSR count). The Hall–Kier alpha value is -1.72. The minimum absolute atomic E-state index is 0.196. The van der Waals surface area contributed by atoms with E-state index in [2.05, 4.69) is 4.98 Å². The summed E-state index contributed by atoms with van der Waals surface area (Å²) in [7, 11) is 0. The van der Waals surface area contributed by atoms with Gasteiger partial charge in [-0.3, -0.25) is 9.78 Å². The largest absolute Gasteiger partial charge is 0.481 e. The molecule has 1 saturated heterocycles. The summed E-state index contributed by atoms with van der Waals surface area (Å²) in [6.07, 6.45) is 1.24. The fraction of sp³-hybridized carbons (Fsp3) is 0.400. The van der Waals surface area contributed by atoms with Crippen molar-refractivity contribution in [2.75, 3.05) is 18.0 Å². The van der Waals surface area contributed by atoms with Crippen molar-refractivity contribution in [2.45, 2.75) is 12.3 Å². The van der Waals surface area contributed by atoms with Gasteiger partial charge in [-0.2, -0.15) is 0 Å². The molecule has 1 aliphatic rings. The van der Waals surface area contributed by atoms with Crippen LogP contribution in [0.25, 0.3) is 0 Å². The molecule has 2 heterocycles. The molecule has 86 valence electrons. The number of aliphatic carboxylic acids is 1. The predicted octanol–water partition coefficient (Wildman–Crippen LogP) is 1.16. The Balaban J connectivity index is 2.08. The van der Waals surface area contributed by atoms with Gasteiger partial charge in [-0.05, 0) is 12.1 Å². The van der Waals surface area contributed by atoms with Gasteiger partial charge >= 0.3 is 5.97 Å². The van der Waals surface area contributed by atoms with Crippen LogP contribution in [0, 0.1) is 0 Å². The first-order chi connectivity index (χ1) is 7.46. The molecule has 1 aliphatic heterocycles. The van der Waals surface area contributed by atoms with Crippen LogP contribution in [-0.2, 0) is 11.2 Å². The SMILES string of the molecule is O=C(O)Cc1cc(N2CC(F)(F)C2)ccn1. The Morgan fingerprint density at radius 3 is 2.81 bits per heavy atom.